The Hall–Kier alpha value is -0.330. The Morgan fingerprint density at radius 1 is 1.00 bits per heavy atom. The van der Waals surface area contributed by atoms with Crippen molar-refractivity contribution in [3.63, 3.8) is 0 Å². The van der Waals surface area contributed by atoms with Crippen molar-refractivity contribution in [3.8, 4) is 0 Å². The van der Waals surface area contributed by atoms with Gasteiger partial charge in [-0.25, -0.2) is 0 Å². The molecule has 0 bridgehead atoms. The molecule has 1 heteroatoms. The van der Waals surface area contributed by atoms with Gasteiger partial charge >= 0.3 is 0 Å². The fourth-order valence-electron chi connectivity index (χ4n) is 1.69. The van der Waals surface area contributed by atoms with Gasteiger partial charge in [0, 0.05) is 5.41 Å². The van der Waals surface area contributed by atoms with Crippen LogP contribution in [-0.2, 0) is 4.79 Å². The van der Waals surface area contributed by atoms with Crippen molar-refractivity contribution in [2.75, 3.05) is 0 Å². The third-order valence-corrected chi connectivity index (χ3v) is 3.08. The minimum absolute atomic E-state index is 0.131. The lowest BCUT2D eigenvalue weighted by Crippen LogP contribution is -2.20. The molecule has 0 aliphatic heterocycles. The number of hydrogen-bond acceptors (Lipinski definition) is 1. The Kier molecular flexibility index (Phi) is 6.93. The van der Waals surface area contributed by atoms with Crippen molar-refractivity contribution in [3.05, 3.63) is 0 Å². The van der Waals surface area contributed by atoms with Crippen LogP contribution in [0.25, 0.3) is 0 Å². The largest absolute Gasteiger partial charge is 0.290 e. The van der Waals surface area contributed by atoms with E-state index in [4.69, 9.17) is 0 Å². The molecule has 0 amide bonds. The summed E-state index contributed by atoms with van der Waals surface area (Å²) in [6.45, 7) is 6.39. The molecule has 0 heterocycles. The minimum atomic E-state index is -0.131. The van der Waals surface area contributed by atoms with E-state index in [2.05, 4.69) is 27.1 Å². The van der Waals surface area contributed by atoms with Crippen LogP contribution in [0.4, 0.5) is 0 Å². The van der Waals surface area contributed by atoms with Crippen LogP contribution in [-0.4, -0.2) is 6.29 Å². The molecule has 0 atom stereocenters. The molecule has 0 aliphatic carbocycles. The molecule has 0 aromatic heterocycles. The van der Waals surface area contributed by atoms with Gasteiger partial charge in [-0.1, -0.05) is 46.5 Å². The second-order valence-electron chi connectivity index (χ2n) is 3.90. The molecule has 0 aromatic carbocycles. The van der Waals surface area contributed by atoms with Crippen molar-refractivity contribution >= 4 is 6.29 Å². The van der Waals surface area contributed by atoms with Gasteiger partial charge < -0.3 is 0 Å². The molecule has 1 nitrogen and oxygen atoms in total. The van der Waals surface area contributed by atoms with Crippen LogP contribution in [0, 0.1) is 5.41 Å². The van der Waals surface area contributed by atoms with Crippen molar-refractivity contribution < 1.29 is 4.79 Å². The first-order valence-corrected chi connectivity index (χ1v) is 5.64. The van der Waals surface area contributed by atoms with Crippen molar-refractivity contribution in [2.24, 2.45) is 5.41 Å². The van der Waals surface area contributed by atoms with Crippen LogP contribution in [0.3, 0.4) is 0 Å². The maximum Gasteiger partial charge on any atom is 0.205 e. The average molecular weight is 183 g/mol. The van der Waals surface area contributed by atoms with Gasteiger partial charge in [-0.05, 0) is 19.3 Å². The summed E-state index contributed by atoms with van der Waals surface area (Å²) in [6, 6.07) is 0. The summed E-state index contributed by atoms with van der Waals surface area (Å²) in [4.78, 5) is 10.8. The molecule has 0 saturated heterocycles. The number of unbranched alkanes of at least 4 members (excludes halogenated alkanes) is 3. The van der Waals surface area contributed by atoms with E-state index in [1.807, 2.05) is 0 Å². The highest BCUT2D eigenvalue weighted by molar-refractivity contribution is 5.59. The van der Waals surface area contributed by atoms with Gasteiger partial charge in [0.25, 0.3) is 0 Å². The molecular weight excluding hydrogens is 160 g/mol. The monoisotopic (exact) mass is 183 g/mol. The highest BCUT2D eigenvalue weighted by atomic mass is 16.1. The Morgan fingerprint density at radius 2 is 1.62 bits per heavy atom. The van der Waals surface area contributed by atoms with E-state index >= 15 is 0 Å². The number of hydrogen-bond donors (Lipinski definition) is 0. The lowest BCUT2D eigenvalue weighted by molar-refractivity contribution is 0.321. The van der Waals surface area contributed by atoms with E-state index in [-0.39, 0.29) is 5.41 Å². The second kappa shape index (κ2) is 7.11. The third-order valence-electron chi connectivity index (χ3n) is 3.08. The summed E-state index contributed by atoms with van der Waals surface area (Å²) in [5.74, 6) is 0. The van der Waals surface area contributed by atoms with Crippen LogP contribution in [0.15, 0.2) is 0 Å². The Morgan fingerprint density at radius 3 is 2.00 bits per heavy atom. The van der Waals surface area contributed by atoms with Crippen molar-refractivity contribution in [1.82, 2.24) is 0 Å². The molecule has 0 N–H and O–H groups in total. The summed E-state index contributed by atoms with van der Waals surface area (Å²) >= 11 is 0. The van der Waals surface area contributed by atoms with Gasteiger partial charge in [0.1, 0.15) is 0 Å². The molecule has 0 aromatic rings. The van der Waals surface area contributed by atoms with Gasteiger partial charge in [0.2, 0.25) is 6.29 Å². The van der Waals surface area contributed by atoms with Gasteiger partial charge in [-0.15, -0.1) is 0 Å². The zero-order valence-electron chi connectivity index (χ0n) is 9.36. The first kappa shape index (κ1) is 12.7. The van der Waals surface area contributed by atoms with E-state index in [9.17, 15) is 4.79 Å². The molecule has 0 saturated carbocycles. The van der Waals surface area contributed by atoms with E-state index < -0.39 is 0 Å². The van der Waals surface area contributed by atoms with E-state index in [0.717, 1.165) is 19.3 Å². The summed E-state index contributed by atoms with van der Waals surface area (Å²) < 4.78 is 0. The summed E-state index contributed by atoms with van der Waals surface area (Å²) in [6.07, 6.45) is 10.2. The summed E-state index contributed by atoms with van der Waals surface area (Å²) in [5.41, 5.74) is -0.131. The van der Waals surface area contributed by atoms with Crippen LogP contribution >= 0.6 is 0 Å². The van der Waals surface area contributed by atoms with Crippen LogP contribution in [0.2, 0.25) is 0 Å². The summed E-state index contributed by atoms with van der Waals surface area (Å²) in [7, 11) is 0. The van der Waals surface area contributed by atoms with Crippen LogP contribution in [0.1, 0.15) is 65.7 Å². The van der Waals surface area contributed by atoms with Gasteiger partial charge in [-0.3, -0.25) is 4.79 Å². The second-order valence-corrected chi connectivity index (χ2v) is 3.90. The average Bonchev–Trinajstić information content (AvgIpc) is 2.20. The topological polar surface area (TPSA) is 17.1 Å². The van der Waals surface area contributed by atoms with Gasteiger partial charge in [0.15, 0.2) is 0 Å². The zero-order valence-corrected chi connectivity index (χ0v) is 9.36. The fourth-order valence-corrected chi connectivity index (χ4v) is 1.69. The predicted octanol–water partition coefficient (Wildman–Crippen LogP) is 3.87. The fraction of sp³-hybridized carbons (Fsp3) is 0.917. The highest BCUT2D eigenvalue weighted by Gasteiger charge is 2.25. The molecule has 13 heavy (non-hydrogen) atoms. The maximum atomic E-state index is 10.8. The molecule has 1 radical (unpaired) electrons. The number of rotatable bonds is 8. The van der Waals surface area contributed by atoms with Crippen LogP contribution < -0.4 is 0 Å². The molecule has 0 rings (SSSR count). The van der Waals surface area contributed by atoms with Crippen molar-refractivity contribution in [1.29, 1.82) is 0 Å². The molecule has 0 unspecified atom stereocenters. The quantitative estimate of drug-likeness (QED) is 0.522. The molecule has 0 fully saturated rings. The predicted molar refractivity (Wildman–Crippen MR) is 57.5 cm³/mol. The van der Waals surface area contributed by atoms with E-state index in [1.165, 1.54) is 25.7 Å². The Labute approximate surface area is 82.9 Å². The smallest absolute Gasteiger partial charge is 0.205 e. The molecule has 77 valence electrons. The summed E-state index contributed by atoms with van der Waals surface area (Å²) in [5, 5.41) is 0. The van der Waals surface area contributed by atoms with E-state index in [0.29, 0.717) is 0 Å². The standard InChI is InChI=1S/C12H23O/c1-4-7-8-9-10-12(5-2,6-3)11-13/h4-10H2,1-3H3. The first-order valence-electron chi connectivity index (χ1n) is 5.64. The molecule has 0 aliphatic rings. The third kappa shape index (κ3) is 4.44. The Balaban J connectivity index is 3.75. The van der Waals surface area contributed by atoms with Crippen molar-refractivity contribution in [2.45, 2.75) is 65.7 Å². The lowest BCUT2D eigenvalue weighted by atomic mass is 9.79. The maximum absolute atomic E-state index is 10.8. The molecule has 0 spiro atoms. The zero-order chi connectivity index (χ0) is 10.2. The Bertz CT molecular complexity index is 125. The normalized spacial score (nSPS) is 11.6. The SMILES string of the molecule is CCCCCCC([C]=O)(CC)CC. The highest BCUT2D eigenvalue weighted by Crippen LogP contribution is 2.30. The van der Waals surface area contributed by atoms with Gasteiger partial charge in [0.05, 0.1) is 0 Å². The van der Waals surface area contributed by atoms with Crippen LogP contribution in [0.5, 0.6) is 0 Å². The first-order chi connectivity index (χ1) is 6.24. The van der Waals surface area contributed by atoms with Gasteiger partial charge in [-0.2, -0.15) is 0 Å². The van der Waals surface area contributed by atoms with E-state index in [1.54, 1.807) is 0 Å². The molecular formula is C12H23O. The number of carbonyl (C=O) groups excluding carboxylic acids is 1. The minimum Gasteiger partial charge on any atom is -0.290 e. The lowest BCUT2D eigenvalue weighted by Gasteiger charge is -2.23.